The summed E-state index contributed by atoms with van der Waals surface area (Å²) < 4.78 is 10.7. The Hall–Kier alpha value is -3.47. The zero-order valence-electron chi connectivity index (χ0n) is 18.9. The van der Waals surface area contributed by atoms with Crippen LogP contribution < -0.4 is 5.32 Å². The fourth-order valence-corrected chi connectivity index (χ4v) is 4.96. The molecular formula is C25H19ClN2O6S2. The van der Waals surface area contributed by atoms with Crippen molar-refractivity contribution in [3.05, 3.63) is 81.9 Å². The molecule has 4 rings (SSSR count). The van der Waals surface area contributed by atoms with Gasteiger partial charge in [-0.1, -0.05) is 41.6 Å². The van der Waals surface area contributed by atoms with Crippen LogP contribution in [-0.4, -0.2) is 41.1 Å². The van der Waals surface area contributed by atoms with E-state index in [1.807, 2.05) is 30.3 Å². The van der Waals surface area contributed by atoms with Gasteiger partial charge in [0.05, 0.1) is 22.1 Å². The highest BCUT2D eigenvalue weighted by Gasteiger charge is 2.36. The first kappa shape index (κ1) is 25.6. The summed E-state index contributed by atoms with van der Waals surface area (Å²) in [6.45, 7) is 1.34. The van der Waals surface area contributed by atoms with E-state index >= 15 is 0 Å². The number of nitrogens with zero attached hydrogens (tertiary/aromatic N) is 1. The van der Waals surface area contributed by atoms with Crippen molar-refractivity contribution in [2.75, 3.05) is 18.5 Å². The molecule has 0 radical (unpaired) electrons. The molecule has 0 spiro atoms. The molecule has 36 heavy (non-hydrogen) atoms. The minimum atomic E-state index is -0.627. The van der Waals surface area contributed by atoms with Gasteiger partial charge in [-0.2, -0.15) is 0 Å². The second kappa shape index (κ2) is 11.5. The zero-order valence-corrected chi connectivity index (χ0v) is 21.2. The van der Waals surface area contributed by atoms with Crippen LogP contribution >= 0.6 is 35.1 Å². The van der Waals surface area contributed by atoms with Crippen molar-refractivity contribution >= 4 is 69.9 Å². The number of carbonyl (C=O) groups is 4. The number of nitrogens with one attached hydrogen (secondary N) is 1. The first-order valence-corrected chi connectivity index (χ1v) is 12.7. The predicted molar refractivity (Wildman–Crippen MR) is 138 cm³/mol. The average molecular weight is 543 g/mol. The number of esters is 1. The topological polar surface area (TPSA) is 106 Å². The van der Waals surface area contributed by atoms with Crippen molar-refractivity contribution in [3.8, 4) is 0 Å². The van der Waals surface area contributed by atoms with Crippen molar-refractivity contribution in [2.45, 2.75) is 16.9 Å². The summed E-state index contributed by atoms with van der Waals surface area (Å²) in [6.07, 6.45) is 1.47. The number of imide groups is 1. The maximum atomic E-state index is 12.8. The monoisotopic (exact) mass is 542 g/mol. The highest BCUT2D eigenvalue weighted by atomic mass is 35.5. The summed E-state index contributed by atoms with van der Waals surface area (Å²) in [5, 5.41) is 2.80. The second-order valence-electron chi connectivity index (χ2n) is 7.30. The van der Waals surface area contributed by atoms with Crippen LogP contribution in [0.1, 0.15) is 23.0 Å². The molecule has 1 N–H and O–H groups in total. The van der Waals surface area contributed by atoms with E-state index in [1.54, 1.807) is 19.1 Å². The smallest absolute Gasteiger partial charge is 0.339 e. The van der Waals surface area contributed by atoms with Gasteiger partial charge in [0.15, 0.2) is 5.09 Å². The van der Waals surface area contributed by atoms with E-state index in [0.29, 0.717) is 10.9 Å². The number of anilines is 1. The van der Waals surface area contributed by atoms with Crippen molar-refractivity contribution in [1.29, 1.82) is 0 Å². The van der Waals surface area contributed by atoms with Gasteiger partial charge in [0, 0.05) is 16.7 Å². The largest absolute Gasteiger partial charge is 0.462 e. The summed E-state index contributed by atoms with van der Waals surface area (Å²) in [6, 6.07) is 17.5. The standard InChI is InChI=1S/C25H19ClN2O6S2/c1-2-33-24(31)18-12-15(8-10-19(18)26)27-21(29)14-28-23(30)20(36-25(28)32)13-16-9-11-22(34-16)35-17-6-4-3-5-7-17/h3-13H,2,14H2,1H3,(H,27,29)/b20-13-. The maximum absolute atomic E-state index is 12.8. The first-order chi connectivity index (χ1) is 17.3. The molecule has 8 nitrogen and oxygen atoms in total. The van der Waals surface area contributed by atoms with Crippen LogP contribution in [0.25, 0.3) is 6.08 Å². The SMILES string of the molecule is CCOC(=O)c1cc(NC(=O)CN2C(=O)S/C(=C\c3ccc(Sc4ccccc4)o3)C2=O)ccc1Cl. The zero-order chi connectivity index (χ0) is 25.7. The average Bonchev–Trinajstić information content (AvgIpc) is 3.40. The van der Waals surface area contributed by atoms with E-state index in [9.17, 15) is 19.2 Å². The molecule has 1 aliphatic heterocycles. The molecule has 2 heterocycles. The molecule has 184 valence electrons. The van der Waals surface area contributed by atoms with E-state index in [4.69, 9.17) is 20.8 Å². The van der Waals surface area contributed by atoms with Crippen LogP contribution in [0, 0.1) is 0 Å². The van der Waals surface area contributed by atoms with Gasteiger partial charge < -0.3 is 14.5 Å². The summed E-state index contributed by atoms with van der Waals surface area (Å²) >= 11 is 8.19. The Kier molecular flexibility index (Phi) is 8.19. The molecule has 1 aliphatic rings. The first-order valence-electron chi connectivity index (χ1n) is 10.7. The van der Waals surface area contributed by atoms with Crippen molar-refractivity contribution < 1.29 is 28.3 Å². The van der Waals surface area contributed by atoms with Gasteiger partial charge in [-0.25, -0.2) is 4.79 Å². The Morgan fingerprint density at radius 1 is 1.14 bits per heavy atom. The molecule has 0 saturated carbocycles. The lowest BCUT2D eigenvalue weighted by atomic mass is 10.2. The van der Waals surface area contributed by atoms with Gasteiger partial charge in [-0.3, -0.25) is 19.3 Å². The fourth-order valence-electron chi connectivity index (χ4n) is 3.15. The van der Waals surface area contributed by atoms with Crippen LogP contribution in [0.5, 0.6) is 0 Å². The van der Waals surface area contributed by atoms with Crippen molar-refractivity contribution in [1.82, 2.24) is 4.90 Å². The molecule has 0 bridgehead atoms. The van der Waals surface area contributed by atoms with E-state index in [1.165, 1.54) is 36.0 Å². The van der Waals surface area contributed by atoms with Gasteiger partial charge in [-0.05, 0) is 61.2 Å². The van der Waals surface area contributed by atoms with Gasteiger partial charge in [0.25, 0.3) is 11.1 Å². The van der Waals surface area contributed by atoms with Crippen molar-refractivity contribution in [3.63, 3.8) is 0 Å². The van der Waals surface area contributed by atoms with E-state index in [-0.39, 0.29) is 27.8 Å². The highest BCUT2D eigenvalue weighted by molar-refractivity contribution is 8.18. The van der Waals surface area contributed by atoms with Crippen LogP contribution in [-0.2, 0) is 14.3 Å². The van der Waals surface area contributed by atoms with Gasteiger partial charge in [0.1, 0.15) is 12.3 Å². The maximum Gasteiger partial charge on any atom is 0.339 e. The number of furan rings is 1. The molecular weight excluding hydrogens is 524 g/mol. The number of rotatable bonds is 8. The van der Waals surface area contributed by atoms with E-state index < -0.39 is 29.6 Å². The van der Waals surface area contributed by atoms with Gasteiger partial charge in [-0.15, -0.1) is 0 Å². The number of thioether (sulfide) groups is 1. The molecule has 0 atom stereocenters. The third kappa shape index (κ3) is 6.20. The number of ether oxygens (including phenoxy) is 1. The Morgan fingerprint density at radius 3 is 2.67 bits per heavy atom. The molecule has 3 amide bonds. The lowest BCUT2D eigenvalue weighted by Gasteiger charge is -2.13. The Morgan fingerprint density at radius 2 is 1.92 bits per heavy atom. The van der Waals surface area contributed by atoms with Crippen LogP contribution in [0.2, 0.25) is 5.02 Å². The van der Waals surface area contributed by atoms with Gasteiger partial charge in [0.2, 0.25) is 5.91 Å². The number of hydrogen-bond acceptors (Lipinski definition) is 8. The minimum Gasteiger partial charge on any atom is -0.462 e. The van der Waals surface area contributed by atoms with Crippen LogP contribution in [0.4, 0.5) is 10.5 Å². The molecule has 0 unspecified atom stereocenters. The molecule has 1 fully saturated rings. The quantitative estimate of drug-likeness (QED) is 0.275. The number of halogens is 1. The molecule has 3 aromatic rings. The van der Waals surface area contributed by atoms with E-state index in [2.05, 4.69) is 5.32 Å². The number of hydrogen-bond donors (Lipinski definition) is 1. The Balaban J connectivity index is 1.40. The van der Waals surface area contributed by atoms with E-state index in [0.717, 1.165) is 21.6 Å². The summed E-state index contributed by atoms with van der Waals surface area (Å²) in [7, 11) is 0. The predicted octanol–water partition coefficient (Wildman–Crippen LogP) is 5.94. The number of carbonyl (C=O) groups excluding carboxylic acids is 4. The second-order valence-corrected chi connectivity index (χ2v) is 9.78. The lowest BCUT2D eigenvalue weighted by Crippen LogP contribution is -2.36. The lowest BCUT2D eigenvalue weighted by molar-refractivity contribution is -0.127. The molecule has 2 aromatic carbocycles. The fraction of sp³-hybridized carbons (Fsp3) is 0.120. The van der Waals surface area contributed by atoms with Crippen LogP contribution in [0.15, 0.2) is 80.0 Å². The molecule has 0 aliphatic carbocycles. The number of amides is 3. The third-order valence-electron chi connectivity index (χ3n) is 4.76. The molecule has 11 heteroatoms. The highest BCUT2D eigenvalue weighted by Crippen LogP contribution is 2.34. The molecule has 1 aromatic heterocycles. The summed E-state index contributed by atoms with van der Waals surface area (Å²) in [4.78, 5) is 51.7. The van der Waals surface area contributed by atoms with Gasteiger partial charge >= 0.3 is 5.97 Å². The Labute approximate surface area is 220 Å². The van der Waals surface area contributed by atoms with Crippen molar-refractivity contribution in [2.24, 2.45) is 0 Å². The number of benzene rings is 2. The van der Waals surface area contributed by atoms with Crippen LogP contribution in [0.3, 0.4) is 0 Å². The third-order valence-corrected chi connectivity index (χ3v) is 6.92. The summed E-state index contributed by atoms with van der Waals surface area (Å²) in [5.41, 5.74) is 0.364. The molecule has 1 saturated heterocycles. The Bertz CT molecular complexity index is 1360. The normalized spacial score (nSPS) is 14.4. The summed E-state index contributed by atoms with van der Waals surface area (Å²) in [5.74, 6) is -1.43. The minimum absolute atomic E-state index is 0.0914.